The third kappa shape index (κ3) is 5.82. The van der Waals surface area contributed by atoms with Gasteiger partial charge in [0.1, 0.15) is 23.0 Å². The summed E-state index contributed by atoms with van der Waals surface area (Å²) in [5.74, 6) is -0.307. The van der Waals surface area contributed by atoms with E-state index in [4.69, 9.17) is 18.9 Å². The van der Waals surface area contributed by atoms with E-state index in [1.54, 1.807) is 30.3 Å². The number of carbonyl (C=O) groups is 2. The van der Waals surface area contributed by atoms with Gasteiger partial charge in [-0.25, -0.2) is 0 Å². The Balaban J connectivity index is 2.14. The number of aliphatic hydroxyl groups excluding tert-OH is 1. The van der Waals surface area contributed by atoms with Crippen LogP contribution < -0.4 is 14.2 Å². The quantitative estimate of drug-likeness (QED) is 0.196. The molecule has 1 heterocycles. The van der Waals surface area contributed by atoms with Crippen molar-refractivity contribution in [3.63, 3.8) is 0 Å². The van der Waals surface area contributed by atoms with Gasteiger partial charge in [0, 0.05) is 24.8 Å². The second kappa shape index (κ2) is 12.4. The Labute approximate surface area is 212 Å². The van der Waals surface area contributed by atoms with Crippen molar-refractivity contribution in [1.82, 2.24) is 4.90 Å². The number of benzene rings is 2. The van der Waals surface area contributed by atoms with Crippen LogP contribution in [0.1, 0.15) is 51.3 Å². The average molecular weight is 498 g/mol. The van der Waals surface area contributed by atoms with Crippen LogP contribution in [0.15, 0.2) is 48.0 Å². The summed E-state index contributed by atoms with van der Waals surface area (Å²) in [6.45, 7) is 9.10. The van der Waals surface area contributed by atoms with E-state index in [2.05, 4.69) is 0 Å². The molecule has 1 N–H and O–H groups in total. The molecule has 1 amide bonds. The van der Waals surface area contributed by atoms with Crippen molar-refractivity contribution < 1.29 is 33.6 Å². The third-order valence-corrected chi connectivity index (χ3v) is 5.79. The number of ether oxygens (including phenoxy) is 4. The van der Waals surface area contributed by atoms with E-state index in [1.807, 2.05) is 39.8 Å². The van der Waals surface area contributed by atoms with Crippen LogP contribution in [0.4, 0.5) is 0 Å². The molecule has 0 radical (unpaired) electrons. The van der Waals surface area contributed by atoms with Gasteiger partial charge in [-0.2, -0.15) is 0 Å². The standard InChI is InChI=1S/C28H35NO7/c1-6-34-19-13-14-21(23(17-19)35-7-2)26(30)24-25(20-11-8-9-12-22(20)33-5)29(28(32)27(24)31)15-10-16-36-18(3)4/h8-9,11-14,17-18,25,30H,6-7,10,15-16H2,1-5H3/b26-24+. The van der Waals surface area contributed by atoms with Gasteiger partial charge in [-0.3, -0.25) is 9.59 Å². The molecule has 2 aromatic rings. The maximum Gasteiger partial charge on any atom is 0.295 e. The number of nitrogens with zero attached hydrogens (tertiary/aromatic N) is 1. The molecule has 8 heteroatoms. The van der Waals surface area contributed by atoms with E-state index >= 15 is 0 Å². The summed E-state index contributed by atoms with van der Waals surface area (Å²) >= 11 is 0. The van der Waals surface area contributed by atoms with Gasteiger partial charge in [-0.15, -0.1) is 0 Å². The fourth-order valence-electron chi connectivity index (χ4n) is 4.25. The summed E-state index contributed by atoms with van der Waals surface area (Å²) in [5, 5.41) is 11.5. The number of likely N-dealkylation sites (tertiary alicyclic amines) is 1. The molecule has 1 unspecified atom stereocenters. The predicted octanol–water partition coefficient (Wildman–Crippen LogP) is 4.73. The summed E-state index contributed by atoms with van der Waals surface area (Å²) in [4.78, 5) is 28.0. The van der Waals surface area contributed by atoms with Gasteiger partial charge >= 0.3 is 0 Å². The van der Waals surface area contributed by atoms with Crippen LogP contribution in [0.2, 0.25) is 0 Å². The Morgan fingerprint density at radius 3 is 2.42 bits per heavy atom. The van der Waals surface area contributed by atoms with Gasteiger partial charge in [-0.05, 0) is 52.3 Å². The fraction of sp³-hybridized carbons (Fsp3) is 0.429. The lowest BCUT2D eigenvalue weighted by Crippen LogP contribution is -2.31. The van der Waals surface area contributed by atoms with Crippen molar-refractivity contribution >= 4 is 17.4 Å². The number of ketones is 1. The highest BCUT2D eigenvalue weighted by molar-refractivity contribution is 6.46. The van der Waals surface area contributed by atoms with Crippen LogP contribution in [-0.4, -0.2) is 61.3 Å². The monoisotopic (exact) mass is 497 g/mol. The highest BCUT2D eigenvalue weighted by Crippen LogP contribution is 2.44. The van der Waals surface area contributed by atoms with Crippen molar-refractivity contribution in [2.45, 2.75) is 46.3 Å². The number of aliphatic hydroxyl groups is 1. The van der Waals surface area contributed by atoms with E-state index in [0.717, 1.165) is 0 Å². The molecule has 194 valence electrons. The second-order valence-corrected chi connectivity index (χ2v) is 8.53. The Morgan fingerprint density at radius 2 is 1.75 bits per heavy atom. The highest BCUT2D eigenvalue weighted by atomic mass is 16.5. The number of carbonyl (C=O) groups excluding carboxylic acids is 2. The minimum absolute atomic E-state index is 0.0145. The Morgan fingerprint density at radius 1 is 1.03 bits per heavy atom. The van der Waals surface area contributed by atoms with Gasteiger partial charge < -0.3 is 29.0 Å². The molecule has 0 aliphatic carbocycles. The fourth-order valence-corrected chi connectivity index (χ4v) is 4.25. The zero-order chi connectivity index (χ0) is 26.2. The molecule has 1 aliphatic heterocycles. The van der Waals surface area contributed by atoms with Gasteiger partial charge in [0.25, 0.3) is 11.7 Å². The molecule has 8 nitrogen and oxygen atoms in total. The van der Waals surface area contributed by atoms with Crippen molar-refractivity contribution in [2.24, 2.45) is 0 Å². The van der Waals surface area contributed by atoms with Gasteiger partial charge in [-0.1, -0.05) is 18.2 Å². The van der Waals surface area contributed by atoms with Crippen LogP contribution in [-0.2, 0) is 14.3 Å². The van der Waals surface area contributed by atoms with Crippen LogP contribution in [0, 0.1) is 0 Å². The van der Waals surface area contributed by atoms with Crippen LogP contribution >= 0.6 is 0 Å². The first-order chi connectivity index (χ1) is 17.3. The van der Waals surface area contributed by atoms with Crippen molar-refractivity contribution in [3.8, 4) is 17.2 Å². The minimum Gasteiger partial charge on any atom is -0.507 e. The molecule has 1 fully saturated rings. The van der Waals surface area contributed by atoms with Crippen molar-refractivity contribution in [1.29, 1.82) is 0 Å². The van der Waals surface area contributed by atoms with E-state index in [1.165, 1.54) is 12.0 Å². The first-order valence-electron chi connectivity index (χ1n) is 12.3. The molecule has 2 aromatic carbocycles. The number of hydrogen-bond donors (Lipinski definition) is 1. The minimum atomic E-state index is -0.832. The summed E-state index contributed by atoms with van der Waals surface area (Å²) < 4.78 is 22.5. The number of amides is 1. The zero-order valence-electron chi connectivity index (χ0n) is 21.6. The topological polar surface area (TPSA) is 94.5 Å². The molecule has 36 heavy (non-hydrogen) atoms. The van der Waals surface area contributed by atoms with Crippen LogP contribution in [0.25, 0.3) is 5.76 Å². The summed E-state index contributed by atoms with van der Waals surface area (Å²) in [6.07, 6.45) is 0.589. The average Bonchev–Trinajstić information content (AvgIpc) is 3.11. The molecule has 0 bridgehead atoms. The summed E-state index contributed by atoms with van der Waals surface area (Å²) in [7, 11) is 1.53. The predicted molar refractivity (Wildman–Crippen MR) is 136 cm³/mol. The molecule has 1 saturated heterocycles. The first-order valence-corrected chi connectivity index (χ1v) is 12.3. The smallest absolute Gasteiger partial charge is 0.295 e. The molecule has 1 aliphatic rings. The number of Topliss-reactive ketones (excluding diaryl/α,β-unsaturated/α-hetero) is 1. The summed E-state index contributed by atoms with van der Waals surface area (Å²) in [5.41, 5.74) is 0.898. The Hall–Kier alpha value is -3.52. The van der Waals surface area contributed by atoms with E-state index < -0.39 is 17.7 Å². The lowest BCUT2D eigenvalue weighted by molar-refractivity contribution is -0.140. The largest absolute Gasteiger partial charge is 0.507 e. The molecule has 1 atom stereocenters. The lowest BCUT2D eigenvalue weighted by atomic mass is 9.94. The number of rotatable bonds is 12. The molecule has 3 rings (SSSR count). The molecule has 0 aromatic heterocycles. The van der Waals surface area contributed by atoms with E-state index in [0.29, 0.717) is 54.6 Å². The van der Waals surface area contributed by atoms with Gasteiger partial charge in [0.2, 0.25) is 0 Å². The maximum absolute atomic E-state index is 13.3. The molecule has 0 saturated carbocycles. The maximum atomic E-state index is 13.3. The normalized spacial score (nSPS) is 17.1. The number of hydrogen-bond acceptors (Lipinski definition) is 7. The summed E-state index contributed by atoms with van der Waals surface area (Å²) in [6, 6.07) is 11.3. The molecule has 0 spiro atoms. The number of methoxy groups -OCH3 is 1. The molecular weight excluding hydrogens is 462 g/mol. The highest BCUT2D eigenvalue weighted by Gasteiger charge is 2.47. The zero-order valence-corrected chi connectivity index (χ0v) is 21.6. The second-order valence-electron chi connectivity index (χ2n) is 8.53. The van der Waals surface area contributed by atoms with Crippen LogP contribution in [0.3, 0.4) is 0 Å². The molecular formula is C28H35NO7. The van der Waals surface area contributed by atoms with Gasteiger partial charge in [0.05, 0.1) is 43.6 Å². The number of para-hydroxylation sites is 1. The van der Waals surface area contributed by atoms with E-state index in [-0.39, 0.29) is 24.0 Å². The van der Waals surface area contributed by atoms with Crippen molar-refractivity contribution in [3.05, 3.63) is 59.2 Å². The van der Waals surface area contributed by atoms with Crippen LogP contribution in [0.5, 0.6) is 17.2 Å². The third-order valence-electron chi connectivity index (χ3n) is 5.79. The van der Waals surface area contributed by atoms with Gasteiger partial charge in [0.15, 0.2) is 0 Å². The Kier molecular flexibility index (Phi) is 9.36. The van der Waals surface area contributed by atoms with E-state index in [9.17, 15) is 14.7 Å². The van der Waals surface area contributed by atoms with Crippen molar-refractivity contribution in [2.75, 3.05) is 33.5 Å². The first kappa shape index (κ1) is 27.1. The SMILES string of the molecule is CCOc1ccc(/C(O)=C2\C(=O)C(=O)N(CCCOC(C)C)C2c2ccccc2OC)c(OCC)c1. The lowest BCUT2D eigenvalue weighted by Gasteiger charge is -2.27. The Bertz CT molecular complexity index is 1110.